The second kappa shape index (κ2) is 7.08. The normalized spacial score (nSPS) is 17.0. The molecule has 2 heterocycles. The predicted octanol–water partition coefficient (Wildman–Crippen LogP) is 3.24. The SMILES string of the molecule is COC(=O)c1c(N)c(C#N)cn1-c1ccc(N2CCCCC2C)c(F)c1. The molecule has 0 saturated carbocycles. The van der Waals surface area contributed by atoms with E-state index in [0.717, 1.165) is 25.8 Å². The number of methoxy groups -OCH3 is 1. The third kappa shape index (κ3) is 2.99. The molecule has 2 N–H and O–H groups in total. The molecule has 1 aromatic carbocycles. The molecule has 136 valence electrons. The van der Waals surface area contributed by atoms with Crippen molar-refractivity contribution in [1.29, 1.82) is 5.26 Å². The van der Waals surface area contributed by atoms with Crippen LogP contribution in [0.5, 0.6) is 0 Å². The predicted molar refractivity (Wildman–Crippen MR) is 96.9 cm³/mol. The van der Waals surface area contributed by atoms with Crippen LogP contribution in [0.25, 0.3) is 5.69 Å². The molecule has 3 rings (SSSR count). The molecule has 0 radical (unpaired) electrons. The van der Waals surface area contributed by atoms with Gasteiger partial charge in [-0.2, -0.15) is 5.26 Å². The highest BCUT2D eigenvalue weighted by Crippen LogP contribution is 2.30. The molecule has 2 aromatic rings. The molecule has 1 atom stereocenters. The maximum Gasteiger partial charge on any atom is 0.357 e. The molecule has 0 bridgehead atoms. The van der Waals surface area contributed by atoms with Crippen molar-refractivity contribution >= 4 is 17.3 Å². The summed E-state index contributed by atoms with van der Waals surface area (Å²) in [4.78, 5) is 14.1. The number of piperidine rings is 1. The Kier molecular flexibility index (Phi) is 4.85. The Morgan fingerprint density at radius 1 is 1.42 bits per heavy atom. The summed E-state index contributed by atoms with van der Waals surface area (Å²) in [5.41, 5.74) is 7.01. The maximum absolute atomic E-state index is 14.8. The van der Waals surface area contributed by atoms with Gasteiger partial charge in [0.1, 0.15) is 11.9 Å². The number of ether oxygens (including phenoxy) is 1. The van der Waals surface area contributed by atoms with Crippen LogP contribution in [0.4, 0.5) is 15.8 Å². The fraction of sp³-hybridized carbons (Fsp3) is 0.368. The Morgan fingerprint density at radius 2 is 2.19 bits per heavy atom. The second-order valence-electron chi connectivity index (χ2n) is 6.45. The van der Waals surface area contributed by atoms with Crippen molar-refractivity contribution in [1.82, 2.24) is 4.57 Å². The van der Waals surface area contributed by atoms with Crippen LogP contribution in [-0.4, -0.2) is 30.2 Å². The number of rotatable bonds is 3. The summed E-state index contributed by atoms with van der Waals surface area (Å²) in [6.07, 6.45) is 4.64. The summed E-state index contributed by atoms with van der Waals surface area (Å²) in [5.74, 6) is -1.06. The van der Waals surface area contributed by atoms with E-state index in [0.29, 0.717) is 11.4 Å². The minimum absolute atomic E-state index is 0.0162. The molecule has 1 aliphatic heterocycles. The molecule has 6 nitrogen and oxygen atoms in total. The number of nitrogen functional groups attached to an aromatic ring is 1. The van der Waals surface area contributed by atoms with Gasteiger partial charge in [0.15, 0.2) is 5.69 Å². The first-order valence-corrected chi connectivity index (χ1v) is 8.53. The van der Waals surface area contributed by atoms with Crippen LogP contribution >= 0.6 is 0 Å². The quantitative estimate of drug-likeness (QED) is 0.854. The van der Waals surface area contributed by atoms with Gasteiger partial charge in [-0.05, 0) is 38.3 Å². The summed E-state index contributed by atoms with van der Waals surface area (Å²) in [7, 11) is 1.23. The van der Waals surface area contributed by atoms with Crippen molar-refractivity contribution in [2.45, 2.75) is 32.2 Å². The largest absolute Gasteiger partial charge is 0.464 e. The Labute approximate surface area is 151 Å². The van der Waals surface area contributed by atoms with E-state index in [1.54, 1.807) is 12.1 Å². The molecule has 1 saturated heterocycles. The molecule has 0 amide bonds. The van der Waals surface area contributed by atoms with Gasteiger partial charge in [-0.25, -0.2) is 9.18 Å². The average molecular weight is 356 g/mol. The van der Waals surface area contributed by atoms with Gasteiger partial charge in [-0.1, -0.05) is 0 Å². The molecule has 1 aliphatic rings. The summed E-state index contributed by atoms with van der Waals surface area (Å²) in [5, 5.41) is 9.18. The summed E-state index contributed by atoms with van der Waals surface area (Å²) in [6.45, 7) is 2.91. The van der Waals surface area contributed by atoms with E-state index >= 15 is 0 Å². The molecule has 0 spiro atoms. The number of aromatic nitrogens is 1. The first kappa shape index (κ1) is 17.8. The smallest absolute Gasteiger partial charge is 0.357 e. The van der Waals surface area contributed by atoms with E-state index in [2.05, 4.69) is 11.8 Å². The van der Waals surface area contributed by atoms with Crippen molar-refractivity contribution in [3.63, 3.8) is 0 Å². The van der Waals surface area contributed by atoms with E-state index in [-0.39, 0.29) is 28.8 Å². The summed E-state index contributed by atoms with van der Waals surface area (Å²) < 4.78 is 21.0. The maximum atomic E-state index is 14.8. The number of hydrogen-bond acceptors (Lipinski definition) is 5. The molecule has 7 heteroatoms. The van der Waals surface area contributed by atoms with E-state index < -0.39 is 5.97 Å². The number of nitriles is 1. The molecule has 0 aliphatic carbocycles. The number of nitrogens with two attached hydrogens (primary N) is 1. The first-order chi connectivity index (χ1) is 12.5. The Morgan fingerprint density at radius 3 is 2.81 bits per heavy atom. The minimum Gasteiger partial charge on any atom is -0.464 e. The van der Waals surface area contributed by atoms with Crippen LogP contribution in [0.1, 0.15) is 42.2 Å². The summed E-state index contributed by atoms with van der Waals surface area (Å²) >= 11 is 0. The van der Waals surface area contributed by atoms with Crippen LogP contribution in [0, 0.1) is 17.1 Å². The number of nitrogens with zero attached hydrogens (tertiary/aromatic N) is 3. The molecule has 1 unspecified atom stereocenters. The van der Waals surface area contributed by atoms with Crippen LogP contribution in [0.2, 0.25) is 0 Å². The Bertz CT molecular complexity index is 884. The fourth-order valence-corrected chi connectivity index (χ4v) is 3.45. The lowest BCUT2D eigenvalue weighted by Crippen LogP contribution is -2.37. The standard InChI is InChI=1S/C19H21FN4O2/c1-12-5-3-4-8-23(12)16-7-6-14(9-15(16)20)24-11-13(10-21)17(22)18(24)19(25)26-2/h6-7,9,11-12H,3-5,8,22H2,1-2H3. The average Bonchev–Trinajstić information content (AvgIpc) is 2.98. The highest BCUT2D eigenvalue weighted by molar-refractivity contribution is 5.96. The highest BCUT2D eigenvalue weighted by Gasteiger charge is 2.24. The van der Waals surface area contributed by atoms with Crippen molar-refractivity contribution < 1.29 is 13.9 Å². The van der Waals surface area contributed by atoms with E-state index in [1.165, 1.54) is 23.9 Å². The zero-order chi connectivity index (χ0) is 18.8. The molecule has 1 fully saturated rings. The molecular weight excluding hydrogens is 335 g/mol. The number of carbonyl (C=O) groups is 1. The monoisotopic (exact) mass is 356 g/mol. The van der Waals surface area contributed by atoms with Crippen LogP contribution in [0.3, 0.4) is 0 Å². The van der Waals surface area contributed by atoms with Crippen molar-refractivity contribution in [2.75, 3.05) is 24.3 Å². The topological polar surface area (TPSA) is 84.3 Å². The van der Waals surface area contributed by atoms with Gasteiger partial charge in [0, 0.05) is 30.5 Å². The fourth-order valence-electron chi connectivity index (χ4n) is 3.45. The molecular formula is C19H21FN4O2. The first-order valence-electron chi connectivity index (χ1n) is 8.53. The van der Waals surface area contributed by atoms with Gasteiger partial charge < -0.3 is 19.9 Å². The zero-order valence-corrected chi connectivity index (χ0v) is 14.8. The number of hydrogen-bond donors (Lipinski definition) is 1. The van der Waals surface area contributed by atoms with Gasteiger partial charge in [0.25, 0.3) is 0 Å². The lowest BCUT2D eigenvalue weighted by atomic mass is 10.0. The second-order valence-corrected chi connectivity index (χ2v) is 6.45. The van der Waals surface area contributed by atoms with Crippen molar-refractivity contribution in [2.24, 2.45) is 0 Å². The van der Waals surface area contributed by atoms with Crippen LogP contribution < -0.4 is 10.6 Å². The number of halogens is 1. The van der Waals surface area contributed by atoms with Gasteiger partial charge in [-0.3, -0.25) is 0 Å². The zero-order valence-electron chi connectivity index (χ0n) is 14.8. The Hall–Kier alpha value is -3.01. The van der Waals surface area contributed by atoms with E-state index in [1.807, 2.05) is 6.07 Å². The lowest BCUT2D eigenvalue weighted by Gasteiger charge is -2.35. The number of esters is 1. The third-order valence-corrected chi connectivity index (χ3v) is 4.87. The number of benzene rings is 1. The molecule has 1 aromatic heterocycles. The van der Waals surface area contributed by atoms with Gasteiger partial charge in [-0.15, -0.1) is 0 Å². The number of anilines is 2. The van der Waals surface area contributed by atoms with Gasteiger partial charge in [0.2, 0.25) is 0 Å². The summed E-state index contributed by atoms with van der Waals surface area (Å²) in [6, 6.07) is 6.98. The van der Waals surface area contributed by atoms with E-state index in [9.17, 15) is 14.4 Å². The highest BCUT2D eigenvalue weighted by atomic mass is 19.1. The third-order valence-electron chi connectivity index (χ3n) is 4.87. The van der Waals surface area contributed by atoms with Gasteiger partial charge in [0.05, 0.1) is 24.0 Å². The molecule has 26 heavy (non-hydrogen) atoms. The Balaban J connectivity index is 2.05. The van der Waals surface area contributed by atoms with Crippen molar-refractivity contribution in [3.8, 4) is 11.8 Å². The lowest BCUT2D eigenvalue weighted by molar-refractivity contribution is 0.0593. The van der Waals surface area contributed by atoms with Crippen LogP contribution in [-0.2, 0) is 4.74 Å². The van der Waals surface area contributed by atoms with Crippen LogP contribution in [0.15, 0.2) is 24.4 Å². The van der Waals surface area contributed by atoms with E-state index in [4.69, 9.17) is 10.5 Å². The number of carbonyl (C=O) groups excluding carboxylic acids is 1. The minimum atomic E-state index is -0.682. The van der Waals surface area contributed by atoms with Gasteiger partial charge >= 0.3 is 5.97 Å². The van der Waals surface area contributed by atoms with Crippen molar-refractivity contribution in [3.05, 3.63) is 41.5 Å².